The van der Waals surface area contributed by atoms with Gasteiger partial charge in [0.25, 0.3) is 0 Å². The molecule has 0 saturated carbocycles. The second kappa shape index (κ2) is 4.44. The molecular weight excluding hydrogens is 254 g/mol. The predicted octanol–water partition coefficient (Wildman–Crippen LogP) is 1.17. The molecule has 102 valence electrons. The fraction of sp³-hybridized carbons (Fsp3) is 0.231. The number of rotatable bonds is 2. The van der Waals surface area contributed by atoms with E-state index in [1.54, 1.807) is 27.8 Å². The quantitative estimate of drug-likeness (QED) is 0.754. The van der Waals surface area contributed by atoms with Crippen LogP contribution in [0.2, 0.25) is 0 Å². The Labute approximate surface area is 116 Å². The number of anilines is 1. The molecule has 3 heterocycles. The van der Waals surface area contributed by atoms with Crippen molar-refractivity contribution in [2.75, 3.05) is 5.73 Å². The normalized spacial score (nSPS) is 10.9. The van der Waals surface area contributed by atoms with Crippen LogP contribution in [0.3, 0.4) is 0 Å². The van der Waals surface area contributed by atoms with Crippen molar-refractivity contribution in [2.45, 2.75) is 6.92 Å². The summed E-state index contributed by atoms with van der Waals surface area (Å²) < 4.78 is 3.51. The van der Waals surface area contributed by atoms with Crippen molar-refractivity contribution in [1.82, 2.24) is 29.5 Å². The molecule has 0 unspecified atom stereocenters. The molecule has 0 amide bonds. The van der Waals surface area contributed by atoms with Crippen molar-refractivity contribution < 1.29 is 0 Å². The molecule has 0 aliphatic heterocycles. The topological polar surface area (TPSA) is 87.4 Å². The van der Waals surface area contributed by atoms with E-state index in [4.69, 9.17) is 5.73 Å². The van der Waals surface area contributed by atoms with Crippen LogP contribution in [0.15, 0.2) is 24.7 Å². The number of nitrogens with two attached hydrogens (primary N) is 1. The molecule has 7 heteroatoms. The zero-order valence-electron chi connectivity index (χ0n) is 11.6. The highest BCUT2D eigenvalue weighted by Crippen LogP contribution is 2.24. The maximum Gasteiger partial charge on any atom is 0.165 e. The highest BCUT2D eigenvalue weighted by molar-refractivity contribution is 5.66. The maximum absolute atomic E-state index is 5.89. The summed E-state index contributed by atoms with van der Waals surface area (Å²) in [5.74, 6) is 1.01. The van der Waals surface area contributed by atoms with E-state index in [-0.39, 0.29) is 0 Å². The van der Waals surface area contributed by atoms with Crippen LogP contribution in [0.5, 0.6) is 0 Å². The van der Waals surface area contributed by atoms with Gasteiger partial charge in [-0.2, -0.15) is 10.2 Å². The minimum atomic E-state index is 0.428. The summed E-state index contributed by atoms with van der Waals surface area (Å²) in [7, 11) is 3.74. The largest absolute Gasteiger partial charge is 0.384 e. The Morgan fingerprint density at radius 3 is 2.50 bits per heavy atom. The van der Waals surface area contributed by atoms with Gasteiger partial charge < -0.3 is 5.73 Å². The van der Waals surface area contributed by atoms with Crippen molar-refractivity contribution in [1.29, 1.82) is 0 Å². The number of hydrogen-bond donors (Lipinski definition) is 1. The third-order valence-electron chi connectivity index (χ3n) is 3.22. The highest BCUT2D eigenvalue weighted by atomic mass is 15.3. The van der Waals surface area contributed by atoms with Gasteiger partial charge in [0.05, 0.1) is 23.7 Å². The summed E-state index contributed by atoms with van der Waals surface area (Å²) in [4.78, 5) is 8.86. The number of nitrogen functional groups attached to an aromatic ring is 1. The molecule has 0 fully saturated rings. The monoisotopic (exact) mass is 269 g/mol. The van der Waals surface area contributed by atoms with Gasteiger partial charge in [-0.3, -0.25) is 9.36 Å². The van der Waals surface area contributed by atoms with Gasteiger partial charge in [0, 0.05) is 37.6 Å². The first-order valence-electron chi connectivity index (χ1n) is 6.17. The lowest BCUT2D eigenvalue weighted by Crippen LogP contribution is -1.99. The van der Waals surface area contributed by atoms with Gasteiger partial charge in [-0.1, -0.05) is 0 Å². The summed E-state index contributed by atoms with van der Waals surface area (Å²) in [5.41, 5.74) is 9.43. The average molecular weight is 269 g/mol. The maximum atomic E-state index is 5.89. The van der Waals surface area contributed by atoms with E-state index in [9.17, 15) is 0 Å². The Kier molecular flexibility index (Phi) is 2.74. The first-order valence-corrected chi connectivity index (χ1v) is 6.17. The van der Waals surface area contributed by atoms with Crippen LogP contribution in [-0.2, 0) is 14.1 Å². The molecule has 0 aliphatic carbocycles. The molecule has 2 N–H and O–H groups in total. The van der Waals surface area contributed by atoms with E-state index in [0.29, 0.717) is 11.6 Å². The van der Waals surface area contributed by atoms with Crippen molar-refractivity contribution in [3.8, 4) is 22.6 Å². The van der Waals surface area contributed by atoms with Crippen LogP contribution in [0.25, 0.3) is 22.6 Å². The number of aryl methyl sites for hydroxylation is 2. The Bertz CT molecular complexity index is 769. The van der Waals surface area contributed by atoms with Gasteiger partial charge in [0.15, 0.2) is 5.82 Å². The van der Waals surface area contributed by atoms with Crippen molar-refractivity contribution >= 4 is 5.82 Å². The molecule has 0 aromatic carbocycles. The van der Waals surface area contributed by atoms with Crippen LogP contribution < -0.4 is 5.73 Å². The third kappa shape index (κ3) is 2.03. The Morgan fingerprint density at radius 2 is 1.90 bits per heavy atom. The van der Waals surface area contributed by atoms with E-state index in [1.165, 1.54) is 0 Å². The van der Waals surface area contributed by atoms with Gasteiger partial charge in [-0.15, -0.1) is 0 Å². The summed E-state index contributed by atoms with van der Waals surface area (Å²) in [6, 6.07) is 1.74. The Hall–Kier alpha value is -2.70. The summed E-state index contributed by atoms with van der Waals surface area (Å²) in [6.07, 6.45) is 5.39. The fourth-order valence-electron chi connectivity index (χ4n) is 2.01. The van der Waals surface area contributed by atoms with Crippen LogP contribution in [0, 0.1) is 6.92 Å². The van der Waals surface area contributed by atoms with Crippen LogP contribution in [0.1, 0.15) is 5.69 Å². The standard InChI is InChI=1S/C13H15N7/c1-8-10(6-16-20(8)3)13-17-11(4-12(14)18-13)9-5-15-19(2)7-9/h4-7H,1-3H3,(H2,14,17,18). The van der Waals surface area contributed by atoms with E-state index in [1.807, 2.05) is 27.2 Å². The summed E-state index contributed by atoms with van der Waals surface area (Å²) in [5, 5.41) is 8.35. The summed E-state index contributed by atoms with van der Waals surface area (Å²) >= 11 is 0. The highest BCUT2D eigenvalue weighted by Gasteiger charge is 2.13. The van der Waals surface area contributed by atoms with Crippen LogP contribution in [-0.4, -0.2) is 29.5 Å². The molecule has 0 bridgehead atoms. The molecule has 20 heavy (non-hydrogen) atoms. The molecular formula is C13H15N7. The minimum absolute atomic E-state index is 0.428. The smallest absolute Gasteiger partial charge is 0.165 e. The van der Waals surface area contributed by atoms with E-state index >= 15 is 0 Å². The average Bonchev–Trinajstić information content (AvgIpc) is 2.97. The van der Waals surface area contributed by atoms with Gasteiger partial charge in [0.2, 0.25) is 0 Å². The first-order chi connectivity index (χ1) is 9.54. The lowest BCUT2D eigenvalue weighted by atomic mass is 10.2. The fourth-order valence-corrected chi connectivity index (χ4v) is 2.01. The van der Waals surface area contributed by atoms with E-state index in [0.717, 1.165) is 22.5 Å². The lowest BCUT2D eigenvalue weighted by Gasteiger charge is -2.04. The van der Waals surface area contributed by atoms with Crippen molar-refractivity contribution in [3.63, 3.8) is 0 Å². The van der Waals surface area contributed by atoms with Crippen LogP contribution >= 0.6 is 0 Å². The first kappa shape index (κ1) is 12.3. The van der Waals surface area contributed by atoms with Crippen LogP contribution in [0.4, 0.5) is 5.82 Å². The zero-order chi connectivity index (χ0) is 14.3. The Morgan fingerprint density at radius 1 is 1.10 bits per heavy atom. The van der Waals surface area contributed by atoms with Gasteiger partial charge in [-0.05, 0) is 6.92 Å². The van der Waals surface area contributed by atoms with Gasteiger partial charge in [-0.25, -0.2) is 9.97 Å². The molecule has 0 aliphatic rings. The van der Waals surface area contributed by atoms with Crippen molar-refractivity contribution in [3.05, 3.63) is 30.4 Å². The molecule has 3 aromatic rings. The van der Waals surface area contributed by atoms with Gasteiger partial charge >= 0.3 is 0 Å². The SMILES string of the molecule is Cc1c(-c2nc(N)cc(-c3cnn(C)c3)n2)cnn1C. The molecule has 7 nitrogen and oxygen atoms in total. The molecule has 0 radical (unpaired) electrons. The minimum Gasteiger partial charge on any atom is -0.384 e. The second-order valence-electron chi connectivity index (χ2n) is 4.67. The number of nitrogens with zero attached hydrogens (tertiary/aromatic N) is 6. The molecule has 0 atom stereocenters. The molecule has 3 aromatic heterocycles. The lowest BCUT2D eigenvalue weighted by molar-refractivity contribution is 0.740. The van der Waals surface area contributed by atoms with E-state index < -0.39 is 0 Å². The zero-order valence-corrected chi connectivity index (χ0v) is 11.6. The summed E-state index contributed by atoms with van der Waals surface area (Å²) in [6.45, 7) is 1.97. The number of aromatic nitrogens is 6. The second-order valence-corrected chi connectivity index (χ2v) is 4.67. The third-order valence-corrected chi connectivity index (χ3v) is 3.22. The van der Waals surface area contributed by atoms with Gasteiger partial charge in [0.1, 0.15) is 5.82 Å². The number of hydrogen-bond acceptors (Lipinski definition) is 5. The molecule has 0 saturated heterocycles. The van der Waals surface area contributed by atoms with E-state index in [2.05, 4.69) is 20.2 Å². The Balaban J connectivity index is 2.14. The molecule has 0 spiro atoms. The van der Waals surface area contributed by atoms with Crippen molar-refractivity contribution in [2.24, 2.45) is 14.1 Å². The predicted molar refractivity (Wildman–Crippen MR) is 75.6 cm³/mol. The molecule has 3 rings (SSSR count).